The molecule has 0 aliphatic heterocycles. The average molecular weight is 493 g/mol. The molecule has 2 aromatic carbocycles. The molecule has 9 heteroatoms. The van der Waals surface area contributed by atoms with Crippen molar-refractivity contribution in [2.24, 2.45) is 0 Å². The molecule has 2 rings (SSSR count). The van der Waals surface area contributed by atoms with Gasteiger partial charge < -0.3 is 9.47 Å². The number of methoxy groups -OCH3 is 1. The van der Waals surface area contributed by atoms with E-state index in [0.717, 1.165) is 0 Å². The molecule has 188 valence electrons. The first-order valence-electron chi connectivity index (χ1n) is 11.2. The quantitative estimate of drug-likeness (QED) is 0.279. The van der Waals surface area contributed by atoms with E-state index in [0.29, 0.717) is 29.1 Å². The maximum Gasteiger partial charge on any atom is 0.265 e. The van der Waals surface area contributed by atoms with Crippen LogP contribution in [0.1, 0.15) is 47.1 Å². The average Bonchev–Trinajstić information content (AvgIpc) is 2.79. The smallest absolute Gasteiger partial charge is 0.265 e. The van der Waals surface area contributed by atoms with Gasteiger partial charge in [-0.25, -0.2) is 13.9 Å². The molecule has 2 atom stereocenters. The van der Waals surface area contributed by atoms with E-state index >= 15 is 0 Å². The molecule has 0 bridgehead atoms. The molecule has 2 unspecified atom stereocenters. The van der Waals surface area contributed by atoms with Crippen LogP contribution in [-0.2, 0) is 21.1 Å². The van der Waals surface area contributed by atoms with Crippen molar-refractivity contribution in [3.05, 3.63) is 54.1 Å². The Bertz CT molecular complexity index is 1040. The summed E-state index contributed by atoms with van der Waals surface area (Å²) in [6, 6.07) is 13.3. The number of nitrogens with zero attached hydrogens (tertiary/aromatic N) is 1. The van der Waals surface area contributed by atoms with E-state index in [-0.39, 0.29) is 17.5 Å². The lowest BCUT2D eigenvalue weighted by Gasteiger charge is -2.36. The number of sulfone groups is 1. The van der Waals surface area contributed by atoms with Crippen LogP contribution in [0.25, 0.3) is 0 Å². The summed E-state index contributed by atoms with van der Waals surface area (Å²) >= 11 is 0. The highest BCUT2D eigenvalue weighted by Crippen LogP contribution is 2.31. The maximum atomic E-state index is 13.4. The van der Waals surface area contributed by atoms with Gasteiger partial charge in [-0.15, -0.1) is 0 Å². The predicted octanol–water partition coefficient (Wildman–Crippen LogP) is 3.82. The molecule has 0 aromatic heterocycles. The SMILES string of the molecule is COc1ccc(S(=O)(=O)C(C)(Cc2ccc(OC(C)N(C(C)C)C(C)C)cc2)C(=O)NO)cc1. The molecule has 8 nitrogen and oxygen atoms in total. The van der Waals surface area contributed by atoms with Crippen LogP contribution in [0.15, 0.2) is 53.4 Å². The van der Waals surface area contributed by atoms with Gasteiger partial charge in [-0.1, -0.05) is 12.1 Å². The summed E-state index contributed by atoms with van der Waals surface area (Å²) in [6.07, 6.45) is -0.306. The Labute approximate surface area is 202 Å². The zero-order chi connectivity index (χ0) is 25.7. The second-order valence-electron chi connectivity index (χ2n) is 9.02. The normalized spacial score (nSPS) is 14.7. The molecule has 0 saturated heterocycles. The van der Waals surface area contributed by atoms with Gasteiger partial charge in [0.2, 0.25) is 0 Å². The van der Waals surface area contributed by atoms with Gasteiger partial charge in [0.1, 0.15) is 17.7 Å². The number of carbonyl (C=O) groups excluding carboxylic acids is 1. The summed E-state index contributed by atoms with van der Waals surface area (Å²) in [5.74, 6) is 0.112. The minimum absolute atomic E-state index is 0.0457. The van der Waals surface area contributed by atoms with Crippen molar-refractivity contribution in [1.82, 2.24) is 10.4 Å². The van der Waals surface area contributed by atoms with Gasteiger partial charge in [0, 0.05) is 18.5 Å². The molecule has 0 aliphatic rings. The van der Waals surface area contributed by atoms with Crippen molar-refractivity contribution in [1.29, 1.82) is 0 Å². The topological polar surface area (TPSA) is 105 Å². The van der Waals surface area contributed by atoms with Gasteiger partial charge in [-0.05, 0) is 83.5 Å². The van der Waals surface area contributed by atoms with Gasteiger partial charge in [0.05, 0.1) is 12.0 Å². The Morgan fingerprint density at radius 3 is 1.91 bits per heavy atom. The monoisotopic (exact) mass is 492 g/mol. The lowest BCUT2D eigenvalue weighted by molar-refractivity contribution is -0.131. The molecule has 0 spiro atoms. The first-order valence-corrected chi connectivity index (χ1v) is 12.7. The van der Waals surface area contributed by atoms with E-state index in [1.807, 2.05) is 6.92 Å². The summed E-state index contributed by atoms with van der Waals surface area (Å²) in [4.78, 5) is 14.8. The third-order valence-corrected chi connectivity index (χ3v) is 8.34. The van der Waals surface area contributed by atoms with Crippen LogP contribution in [0.5, 0.6) is 11.5 Å². The summed E-state index contributed by atoms with van der Waals surface area (Å²) in [5.41, 5.74) is 2.13. The van der Waals surface area contributed by atoms with E-state index in [2.05, 4.69) is 32.6 Å². The first kappa shape index (κ1) is 27.6. The highest BCUT2D eigenvalue weighted by molar-refractivity contribution is 7.93. The van der Waals surface area contributed by atoms with E-state index < -0.39 is 20.5 Å². The zero-order valence-electron chi connectivity index (χ0n) is 20.9. The number of nitrogens with one attached hydrogen (secondary N) is 1. The Balaban J connectivity index is 2.30. The van der Waals surface area contributed by atoms with Crippen molar-refractivity contribution in [3.8, 4) is 11.5 Å². The van der Waals surface area contributed by atoms with E-state index in [9.17, 15) is 18.4 Å². The molecule has 2 N–H and O–H groups in total. The molecule has 0 aliphatic carbocycles. The molecule has 0 radical (unpaired) electrons. The summed E-state index contributed by atoms with van der Waals surface area (Å²) < 4.78 is 36.1. The number of hydrogen-bond acceptors (Lipinski definition) is 7. The third-order valence-electron chi connectivity index (χ3n) is 5.93. The highest BCUT2D eigenvalue weighted by Gasteiger charge is 2.47. The minimum atomic E-state index is -4.16. The third kappa shape index (κ3) is 5.89. The summed E-state index contributed by atoms with van der Waals surface area (Å²) in [5, 5.41) is 9.32. The van der Waals surface area contributed by atoms with Crippen LogP contribution in [0.4, 0.5) is 0 Å². The van der Waals surface area contributed by atoms with Crippen LogP contribution in [-0.4, -0.2) is 54.6 Å². The molecular weight excluding hydrogens is 456 g/mol. The molecule has 0 fully saturated rings. The van der Waals surface area contributed by atoms with Gasteiger partial charge in [0.15, 0.2) is 14.6 Å². The zero-order valence-corrected chi connectivity index (χ0v) is 21.7. The van der Waals surface area contributed by atoms with E-state index in [1.54, 1.807) is 24.3 Å². The standard InChI is InChI=1S/C25H36N2O6S/c1-17(2)27(18(3)4)19(5)33-22-10-8-20(9-11-22)16-25(6,24(28)26-29)34(30,31)23-14-12-21(32-7)13-15-23/h8-15,17-19,29H,16H2,1-7H3,(H,26,28). The van der Waals surface area contributed by atoms with Gasteiger partial charge in [0.25, 0.3) is 5.91 Å². The highest BCUT2D eigenvalue weighted by atomic mass is 32.2. The molecule has 0 saturated carbocycles. The Hall–Kier alpha value is -2.62. The lowest BCUT2D eigenvalue weighted by Crippen LogP contribution is -2.51. The van der Waals surface area contributed by atoms with Crippen molar-refractivity contribution < 1.29 is 27.9 Å². The van der Waals surface area contributed by atoms with Crippen molar-refractivity contribution >= 4 is 15.7 Å². The van der Waals surface area contributed by atoms with Crippen LogP contribution in [0.2, 0.25) is 0 Å². The second kappa shape index (κ2) is 11.2. The van der Waals surface area contributed by atoms with Gasteiger partial charge in [-0.2, -0.15) is 0 Å². The molecule has 34 heavy (non-hydrogen) atoms. The van der Waals surface area contributed by atoms with Crippen molar-refractivity contribution in [2.75, 3.05) is 7.11 Å². The number of carbonyl (C=O) groups is 1. The largest absolute Gasteiger partial charge is 0.497 e. The number of amides is 1. The lowest BCUT2D eigenvalue weighted by atomic mass is 9.99. The first-order chi connectivity index (χ1) is 15.9. The van der Waals surface area contributed by atoms with Crippen LogP contribution in [0, 0.1) is 0 Å². The number of hydrogen-bond donors (Lipinski definition) is 2. The van der Waals surface area contributed by atoms with Gasteiger partial charge in [-0.3, -0.25) is 14.9 Å². The van der Waals surface area contributed by atoms with Crippen LogP contribution >= 0.6 is 0 Å². The van der Waals surface area contributed by atoms with Crippen molar-refractivity contribution in [2.45, 2.75) is 75.9 Å². The number of hydroxylamine groups is 1. The van der Waals surface area contributed by atoms with E-state index in [4.69, 9.17) is 9.47 Å². The molecule has 2 aromatic rings. The van der Waals surface area contributed by atoms with Gasteiger partial charge >= 0.3 is 0 Å². The minimum Gasteiger partial charge on any atom is -0.497 e. The molecular formula is C25H36N2O6S. The van der Waals surface area contributed by atoms with Crippen LogP contribution in [0.3, 0.4) is 0 Å². The fourth-order valence-corrected chi connectivity index (χ4v) is 5.86. The Morgan fingerprint density at radius 2 is 1.47 bits per heavy atom. The predicted molar refractivity (Wildman–Crippen MR) is 131 cm³/mol. The number of benzene rings is 2. The molecule has 1 amide bonds. The van der Waals surface area contributed by atoms with Crippen LogP contribution < -0.4 is 15.0 Å². The second-order valence-corrected chi connectivity index (χ2v) is 11.4. The number of ether oxygens (including phenoxy) is 2. The molecule has 0 heterocycles. The number of rotatable bonds is 11. The van der Waals surface area contributed by atoms with E-state index in [1.165, 1.54) is 43.8 Å². The fraction of sp³-hybridized carbons (Fsp3) is 0.480. The maximum absolute atomic E-state index is 13.4. The fourth-order valence-electron chi connectivity index (χ4n) is 4.20. The summed E-state index contributed by atoms with van der Waals surface area (Å²) in [7, 11) is -2.68. The van der Waals surface area contributed by atoms with Crippen molar-refractivity contribution in [3.63, 3.8) is 0 Å². The Kier molecular flexibility index (Phi) is 9.10. The Morgan fingerprint density at radius 1 is 0.971 bits per heavy atom. The summed E-state index contributed by atoms with van der Waals surface area (Å²) in [6.45, 7) is 11.7.